The molecule has 2 aromatic rings. The second-order valence-corrected chi connectivity index (χ2v) is 13.2. The second-order valence-electron chi connectivity index (χ2n) is 13.2. The van der Waals surface area contributed by atoms with Gasteiger partial charge in [0.15, 0.2) is 0 Å². The molecule has 0 spiro atoms. The topological polar surface area (TPSA) is 120 Å². The highest BCUT2D eigenvalue weighted by Crippen LogP contribution is 2.30. The maximum absolute atomic E-state index is 14.3. The van der Waals surface area contributed by atoms with Crippen molar-refractivity contribution >= 4 is 29.2 Å². The van der Waals surface area contributed by atoms with E-state index in [0.29, 0.717) is 29.3 Å². The molecule has 1 aliphatic carbocycles. The van der Waals surface area contributed by atoms with Crippen LogP contribution in [0.1, 0.15) is 82.5 Å². The van der Waals surface area contributed by atoms with Crippen molar-refractivity contribution in [3.8, 4) is 5.75 Å². The van der Waals surface area contributed by atoms with Gasteiger partial charge in [0.1, 0.15) is 11.6 Å². The van der Waals surface area contributed by atoms with Crippen molar-refractivity contribution in [2.24, 2.45) is 11.8 Å². The quantitative estimate of drug-likeness (QED) is 0.322. The third-order valence-electron chi connectivity index (χ3n) is 9.19. The summed E-state index contributed by atoms with van der Waals surface area (Å²) in [7, 11) is 1.66. The van der Waals surface area contributed by atoms with Crippen LogP contribution in [0.25, 0.3) is 0 Å². The molecule has 258 valence electrons. The first-order valence-corrected chi connectivity index (χ1v) is 17.0. The third-order valence-corrected chi connectivity index (χ3v) is 9.19. The second kappa shape index (κ2) is 17.5. The summed E-state index contributed by atoms with van der Waals surface area (Å²) in [6, 6.07) is 9.87. The van der Waals surface area contributed by atoms with Crippen LogP contribution in [0.4, 0.5) is 20.6 Å². The minimum absolute atomic E-state index is 0.0333. The predicted octanol–water partition coefficient (Wildman–Crippen LogP) is 6.30. The van der Waals surface area contributed by atoms with E-state index >= 15 is 0 Å². The Hall–Kier alpha value is -3.70. The Labute approximate surface area is 278 Å². The van der Waals surface area contributed by atoms with Crippen LogP contribution in [-0.2, 0) is 9.53 Å². The van der Waals surface area contributed by atoms with E-state index in [1.165, 1.54) is 29.2 Å². The smallest absolute Gasteiger partial charge is 0.321 e. The zero-order chi connectivity index (χ0) is 33.9. The number of benzene rings is 2. The summed E-state index contributed by atoms with van der Waals surface area (Å²) in [5.74, 6) is -0.582. The van der Waals surface area contributed by atoms with Gasteiger partial charge < -0.3 is 35.0 Å². The number of likely N-dealkylation sites (N-methyl/N-ethyl adjacent to an activating group) is 1. The fourth-order valence-electron chi connectivity index (χ4n) is 6.18. The first kappa shape index (κ1) is 36.1. The number of aliphatic hydroxyl groups is 1. The Morgan fingerprint density at radius 3 is 2.38 bits per heavy atom. The number of urea groups is 1. The summed E-state index contributed by atoms with van der Waals surface area (Å²) in [5.41, 5.74) is 1.32. The Kier molecular flexibility index (Phi) is 13.4. The van der Waals surface area contributed by atoms with E-state index in [1.807, 2.05) is 13.8 Å². The average Bonchev–Trinajstić information content (AvgIpc) is 3.07. The number of fused-ring (bicyclic) bond motifs is 1. The summed E-state index contributed by atoms with van der Waals surface area (Å²) < 4.78 is 26.0. The van der Waals surface area contributed by atoms with Crippen LogP contribution in [0.2, 0.25) is 0 Å². The molecule has 0 bridgehead atoms. The first-order chi connectivity index (χ1) is 22.5. The van der Waals surface area contributed by atoms with Gasteiger partial charge in [0.2, 0.25) is 5.91 Å². The zero-order valence-electron chi connectivity index (χ0n) is 28.2. The van der Waals surface area contributed by atoms with E-state index in [1.54, 1.807) is 37.1 Å². The van der Waals surface area contributed by atoms with Crippen molar-refractivity contribution in [1.29, 1.82) is 0 Å². The van der Waals surface area contributed by atoms with Crippen LogP contribution in [0.5, 0.6) is 5.75 Å². The minimum atomic E-state index is -0.524. The van der Waals surface area contributed by atoms with Crippen molar-refractivity contribution in [1.82, 2.24) is 9.80 Å². The highest BCUT2D eigenvalue weighted by Gasteiger charge is 2.31. The fourth-order valence-corrected chi connectivity index (χ4v) is 6.18. The van der Waals surface area contributed by atoms with Crippen molar-refractivity contribution in [2.75, 3.05) is 44.0 Å². The molecule has 0 radical (unpaired) electrons. The van der Waals surface area contributed by atoms with Gasteiger partial charge in [-0.3, -0.25) is 9.59 Å². The van der Waals surface area contributed by atoms with Crippen molar-refractivity contribution < 1.29 is 33.4 Å². The molecule has 0 unspecified atom stereocenters. The highest BCUT2D eigenvalue weighted by molar-refractivity contribution is 6.00. The number of nitrogens with zero attached hydrogens (tertiary/aromatic N) is 2. The molecule has 10 nitrogen and oxygen atoms in total. The lowest BCUT2D eigenvalue weighted by Crippen LogP contribution is -2.48. The molecule has 1 aliphatic heterocycles. The maximum Gasteiger partial charge on any atom is 0.321 e. The molecular formula is C36H51FN4O6. The molecule has 4 atom stereocenters. The Morgan fingerprint density at radius 1 is 1.00 bits per heavy atom. The van der Waals surface area contributed by atoms with Crippen molar-refractivity contribution in [3.05, 3.63) is 53.8 Å². The van der Waals surface area contributed by atoms with Gasteiger partial charge in [-0.1, -0.05) is 26.2 Å². The van der Waals surface area contributed by atoms with E-state index in [2.05, 4.69) is 10.6 Å². The van der Waals surface area contributed by atoms with Gasteiger partial charge in [-0.25, -0.2) is 9.18 Å². The first-order valence-electron chi connectivity index (χ1n) is 17.0. The lowest BCUT2D eigenvalue weighted by molar-refractivity contribution is -0.120. The van der Waals surface area contributed by atoms with Crippen LogP contribution in [0, 0.1) is 17.7 Å². The fraction of sp³-hybridized carbons (Fsp3) is 0.583. The van der Waals surface area contributed by atoms with E-state index in [9.17, 15) is 23.9 Å². The lowest BCUT2D eigenvalue weighted by Gasteiger charge is -2.35. The molecular weight excluding hydrogens is 603 g/mol. The van der Waals surface area contributed by atoms with Gasteiger partial charge in [-0.15, -0.1) is 0 Å². The molecule has 11 heteroatoms. The molecule has 0 saturated heterocycles. The minimum Gasteiger partial charge on any atom is -0.490 e. The molecule has 0 aromatic heterocycles. The van der Waals surface area contributed by atoms with Crippen molar-refractivity contribution in [2.45, 2.75) is 90.4 Å². The van der Waals surface area contributed by atoms with E-state index < -0.39 is 18.0 Å². The van der Waals surface area contributed by atoms with Crippen LogP contribution < -0.4 is 15.4 Å². The number of hydrogen-bond donors (Lipinski definition) is 3. The van der Waals surface area contributed by atoms with Crippen LogP contribution in [0.3, 0.4) is 0 Å². The van der Waals surface area contributed by atoms with E-state index in [4.69, 9.17) is 9.47 Å². The molecule has 2 aromatic carbocycles. The summed E-state index contributed by atoms with van der Waals surface area (Å²) in [6.45, 7) is 6.42. The van der Waals surface area contributed by atoms with Gasteiger partial charge >= 0.3 is 6.03 Å². The molecule has 47 heavy (non-hydrogen) atoms. The van der Waals surface area contributed by atoms with Crippen LogP contribution in [0.15, 0.2) is 42.5 Å². The maximum atomic E-state index is 14.3. The summed E-state index contributed by atoms with van der Waals surface area (Å²) in [6.07, 6.45) is 6.74. The molecule has 1 fully saturated rings. The number of amides is 4. The highest BCUT2D eigenvalue weighted by atomic mass is 19.1. The Morgan fingerprint density at radius 2 is 1.68 bits per heavy atom. The van der Waals surface area contributed by atoms with Crippen LogP contribution >= 0.6 is 0 Å². The predicted molar refractivity (Wildman–Crippen MR) is 180 cm³/mol. The number of anilines is 2. The van der Waals surface area contributed by atoms with Gasteiger partial charge in [-0.05, 0) is 88.4 Å². The largest absolute Gasteiger partial charge is 0.490 e. The molecule has 3 N–H and O–H groups in total. The van der Waals surface area contributed by atoms with E-state index in [-0.39, 0.29) is 55.5 Å². The van der Waals surface area contributed by atoms with Gasteiger partial charge in [0, 0.05) is 50.0 Å². The summed E-state index contributed by atoms with van der Waals surface area (Å²) >= 11 is 0. The number of aliphatic hydroxyl groups excluding tert-OH is 1. The monoisotopic (exact) mass is 654 g/mol. The van der Waals surface area contributed by atoms with Crippen molar-refractivity contribution in [3.63, 3.8) is 0 Å². The third kappa shape index (κ3) is 10.4. The summed E-state index contributed by atoms with van der Waals surface area (Å²) in [5, 5.41) is 16.0. The number of halogens is 1. The number of ether oxygens (including phenoxy) is 2. The van der Waals surface area contributed by atoms with E-state index in [0.717, 1.165) is 51.4 Å². The SMILES string of the molecule is C[C@@H]1CCCCO[C@@H](CN(C)C(=O)Nc2ccc(F)cc2)[C@H](C)CN([C@@H](C)CO)C(=O)c2cc(NC(=O)C3CCCCC3)ccc2O1. The van der Waals surface area contributed by atoms with Gasteiger partial charge in [0.05, 0.1) is 30.4 Å². The van der Waals surface area contributed by atoms with Gasteiger partial charge in [-0.2, -0.15) is 0 Å². The number of carbonyl (C=O) groups excluding carboxylic acids is 3. The zero-order valence-corrected chi connectivity index (χ0v) is 28.2. The molecule has 4 amide bonds. The summed E-state index contributed by atoms with van der Waals surface area (Å²) in [4.78, 5) is 43.6. The number of rotatable bonds is 7. The number of hydrogen-bond acceptors (Lipinski definition) is 6. The Bertz CT molecular complexity index is 1340. The normalized spacial score (nSPS) is 22.3. The molecule has 2 aliphatic rings. The number of nitrogens with one attached hydrogen (secondary N) is 2. The Balaban J connectivity index is 1.57. The lowest BCUT2D eigenvalue weighted by atomic mass is 9.88. The van der Waals surface area contributed by atoms with Crippen LogP contribution in [-0.4, -0.2) is 84.4 Å². The molecule has 1 saturated carbocycles. The standard InChI is InChI=1S/C36H51FN4O6/c1-24-21-41(25(2)23-42)35(44)31-20-30(38-34(43)27-11-6-5-7-12-27)17-18-32(31)47-26(3)10-8-9-19-46-33(24)22-40(4)36(45)39-29-15-13-28(37)14-16-29/h13-18,20,24-27,33,42H,5-12,19,21-23H2,1-4H3,(H,38,43)(H,39,45)/t24-,25+,26-,33+/m1/s1. The molecule has 1 heterocycles. The average molecular weight is 655 g/mol. The number of carbonyl (C=O) groups is 3. The van der Waals surface area contributed by atoms with Gasteiger partial charge in [0.25, 0.3) is 5.91 Å². The molecule has 4 rings (SSSR count).